The van der Waals surface area contributed by atoms with Crippen LogP contribution >= 0.6 is 11.3 Å². The molecule has 2 fully saturated rings. The van der Waals surface area contributed by atoms with E-state index in [-0.39, 0.29) is 28.1 Å². The molecule has 1 aromatic heterocycles. The highest BCUT2D eigenvalue weighted by molar-refractivity contribution is 7.10. The van der Waals surface area contributed by atoms with Crippen molar-refractivity contribution in [2.75, 3.05) is 13.1 Å². The van der Waals surface area contributed by atoms with Crippen LogP contribution in [0.25, 0.3) is 0 Å². The lowest BCUT2D eigenvalue weighted by Gasteiger charge is -2.38. The number of carbonyl (C=O) groups excluding carboxylic acids is 2. The molecule has 2 atom stereocenters. The van der Waals surface area contributed by atoms with Gasteiger partial charge in [-0.3, -0.25) is 9.59 Å². The van der Waals surface area contributed by atoms with Gasteiger partial charge in [0.1, 0.15) is 6.07 Å². The maximum atomic E-state index is 13.6. The van der Waals surface area contributed by atoms with Crippen molar-refractivity contribution >= 4 is 23.0 Å². The summed E-state index contributed by atoms with van der Waals surface area (Å²) in [4.78, 5) is 29.2. The predicted molar refractivity (Wildman–Crippen MR) is 105 cm³/mol. The van der Waals surface area contributed by atoms with Crippen LogP contribution in [0, 0.1) is 27.6 Å². The van der Waals surface area contributed by atoms with E-state index in [4.69, 9.17) is 0 Å². The van der Waals surface area contributed by atoms with Crippen molar-refractivity contribution in [3.8, 4) is 6.07 Å². The van der Waals surface area contributed by atoms with Gasteiger partial charge in [0, 0.05) is 28.8 Å². The van der Waals surface area contributed by atoms with Crippen molar-refractivity contribution in [2.45, 2.75) is 52.4 Å². The zero-order valence-electron chi connectivity index (χ0n) is 16.5. The number of carbonyl (C=O) groups is 2. The number of likely N-dealkylation sites (tertiary alicyclic amines) is 1. The second kappa shape index (κ2) is 5.54. The second-order valence-electron chi connectivity index (χ2n) is 9.84. The molecule has 2 aliphatic carbocycles. The number of Topliss-reactive ketones (excluding diaryl/α,β-unsaturated/α-hetero) is 1. The third-order valence-electron chi connectivity index (χ3n) is 6.94. The van der Waals surface area contributed by atoms with Gasteiger partial charge in [-0.15, -0.1) is 11.3 Å². The van der Waals surface area contributed by atoms with E-state index in [1.165, 1.54) is 0 Å². The standard InChI is InChI=1S/C22H26N2O2S/c1-19(2)12-21(10-15(11-23)17(19)25)7-8-24(14-21)18(26)22(13-20(22,3)4)16-6-5-9-27-16/h5-6,9-10H,7-8,12-14H2,1-4H3/t21-,22?/m1/s1. The van der Waals surface area contributed by atoms with E-state index in [2.05, 4.69) is 26.0 Å². The minimum atomic E-state index is -0.552. The quantitative estimate of drug-likeness (QED) is 0.774. The summed E-state index contributed by atoms with van der Waals surface area (Å²) >= 11 is 1.67. The van der Waals surface area contributed by atoms with Crippen LogP contribution in [0.2, 0.25) is 0 Å². The Morgan fingerprint density at radius 2 is 1.96 bits per heavy atom. The van der Waals surface area contributed by atoms with Gasteiger partial charge in [-0.25, -0.2) is 0 Å². The number of amides is 1. The van der Waals surface area contributed by atoms with Crippen LogP contribution in [-0.2, 0) is 15.0 Å². The monoisotopic (exact) mass is 382 g/mol. The topological polar surface area (TPSA) is 61.2 Å². The number of nitrogens with zero attached hydrogens (tertiary/aromatic N) is 2. The fourth-order valence-electron chi connectivity index (χ4n) is 5.46. The molecular weight excluding hydrogens is 356 g/mol. The van der Waals surface area contributed by atoms with E-state index in [0.29, 0.717) is 19.5 Å². The Hall–Kier alpha value is -1.93. The number of hydrogen-bond acceptors (Lipinski definition) is 4. The van der Waals surface area contributed by atoms with Gasteiger partial charge in [0.2, 0.25) is 5.91 Å². The summed E-state index contributed by atoms with van der Waals surface area (Å²) in [5, 5.41) is 11.5. The molecule has 1 aromatic rings. The van der Waals surface area contributed by atoms with Gasteiger partial charge < -0.3 is 4.90 Å². The van der Waals surface area contributed by atoms with Crippen LogP contribution in [0.5, 0.6) is 0 Å². The average Bonchev–Trinajstić information content (AvgIpc) is 3.02. The van der Waals surface area contributed by atoms with E-state index >= 15 is 0 Å². The number of thiophene rings is 1. The third kappa shape index (κ3) is 2.53. The van der Waals surface area contributed by atoms with Gasteiger partial charge in [0.15, 0.2) is 5.78 Å². The summed E-state index contributed by atoms with van der Waals surface area (Å²) in [6.45, 7) is 9.49. The third-order valence-corrected chi connectivity index (χ3v) is 7.97. The van der Waals surface area contributed by atoms with Crippen molar-refractivity contribution in [3.63, 3.8) is 0 Å². The molecule has 3 aliphatic rings. The van der Waals surface area contributed by atoms with Gasteiger partial charge in [-0.2, -0.15) is 5.26 Å². The lowest BCUT2D eigenvalue weighted by Crippen LogP contribution is -2.43. The van der Waals surface area contributed by atoms with E-state index in [0.717, 1.165) is 17.7 Å². The molecule has 142 valence electrons. The minimum Gasteiger partial charge on any atom is -0.341 e. The Labute approximate surface area is 164 Å². The molecule has 1 unspecified atom stereocenters. The largest absolute Gasteiger partial charge is 0.341 e. The number of rotatable bonds is 2. The smallest absolute Gasteiger partial charge is 0.234 e. The molecule has 2 heterocycles. The van der Waals surface area contributed by atoms with Crippen molar-refractivity contribution < 1.29 is 9.59 Å². The fraction of sp³-hybridized carbons (Fsp3) is 0.591. The number of allylic oxidation sites excluding steroid dienone is 1. The van der Waals surface area contributed by atoms with Crippen LogP contribution in [0.3, 0.4) is 0 Å². The number of ketones is 1. The molecule has 4 nitrogen and oxygen atoms in total. The van der Waals surface area contributed by atoms with E-state index in [9.17, 15) is 14.9 Å². The SMILES string of the molecule is CC1(C)C[C@]2(C=C(C#N)C1=O)CCN(C(=O)C1(c3cccs3)CC1(C)C)C2. The molecule has 0 bridgehead atoms. The number of hydrogen-bond donors (Lipinski definition) is 0. The maximum Gasteiger partial charge on any atom is 0.234 e. The molecule has 0 N–H and O–H groups in total. The first-order valence-electron chi connectivity index (χ1n) is 9.58. The maximum absolute atomic E-state index is 13.6. The minimum absolute atomic E-state index is 0.0276. The van der Waals surface area contributed by atoms with Crippen molar-refractivity contribution in [2.24, 2.45) is 16.2 Å². The fourth-order valence-corrected chi connectivity index (χ4v) is 6.56. The Morgan fingerprint density at radius 3 is 2.52 bits per heavy atom. The summed E-state index contributed by atoms with van der Waals surface area (Å²) in [5.41, 5.74) is -0.980. The van der Waals surface area contributed by atoms with Gasteiger partial charge in [0.25, 0.3) is 0 Å². The first-order valence-corrected chi connectivity index (χ1v) is 10.5. The van der Waals surface area contributed by atoms with Gasteiger partial charge >= 0.3 is 0 Å². The van der Waals surface area contributed by atoms with Crippen LogP contribution < -0.4 is 0 Å². The molecule has 27 heavy (non-hydrogen) atoms. The van der Waals surface area contributed by atoms with Crippen molar-refractivity contribution in [3.05, 3.63) is 34.0 Å². The molecule has 1 saturated heterocycles. The van der Waals surface area contributed by atoms with Crippen LogP contribution in [-0.4, -0.2) is 29.7 Å². The predicted octanol–water partition coefficient (Wildman–Crippen LogP) is 4.08. The molecule has 1 saturated carbocycles. The van der Waals surface area contributed by atoms with Gasteiger partial charge in [-0.05, 0) is 36.1 Å². The van der Waals surface area contributed by atoms with Crippen LogP contribution in [0.15, 0.2) is 29.2 Å². The molecule has 1 aliphatic heterocycles. The summed E-state index contributed by atoms with van der Waals surface area (Å²) in [6, 6.07) is 6.19. The Balaban J connectivity index is 1.64. The highest BCUT2D eigenvalue weighted by atomic mass is 32.1. The highest BCUT2D eigenvalue weighted by Gasteiger charge is 2.69. The highest BCUT2D eigenvalue weighted by Crippen LogP contribution is 2.66. The summed E-state index contributed by atoms with van der Waals surface area (Å²) in [6.07, 6.45) is 4.26. The van der Waals surface area contributed by atoms with Gasteiger partial charge in [0.05, 0.1) is 11.0 Å². The average molecular weight is 383 g/mol. The molecule has 4 rings (SSSR count). The molecular formula is C22H26N2O2S. The van der Waals surface area contributed by atoms with E-state index in [1.54, 1.807) is 11.3 Å². The lowest BCUT2D eigenvalue weighted by atomic mass is 9.64. The first kappa shape index (κ1) is 18.4. The zero-order valence-corrected chi connectivity index (χ0v) is 17.3. The van der Waals surface area contributed by atoms with Crippen molar-refractivity contribution in [1.82, 2.24) is 4.90 Å². The summed E-state index contributed by atoms with van der Waals surface area (Å²) in [7, 11) is 0. The summed E-state index contributed by atoms with van der Waals surface area (Å²) in [5.74, 6) is 0.146. The number of nitriles is 1. The second-order valence-corrected chi connectivity index (χ2v) is 10.8. The van der Waals surface area contributed by atoms with E-state index in [1.807, 2.05) is 36.3 Å². The van der Waals surface area contributed by atoms with Crippen LogP contribution in [0.4, 0.5) is 0 Å². The zero-order chi connectivity index (χ0) is 19.7. The molecule has 5 heteroatoms. The van der Waals surface area contributed by atoms with Gasteiger partial charge in [-0.1, -0.05) is 39.8 Å². The molecule has 0 aromatic carbocycles. The first-order chi connectivity index (χ1) is 12.6. The van der Waals surface area contributed by atoms with Crippen LogP contribution in [0.1, 0.15) is 51.8 Å². The normalized spacial score (nSPS) is 33.7. The Bertz CT molecular complexity index is 890. The summed E-state index contributed by atoms with van der Waals surface area (Å²) < 4.78 is 0. The molecule has 1 amide bonds. The lowest BCUT2D eigenvalue weighted by molar-refractivity contribution is -0.134. The van der Waals surface area contributed by atoms with Crippen molar-refractivity contribution in [1.29, 1.82) is 5.26 Å². The molecule has 0 radical (unpaired) electrons. The van der Waals surface area contributed by atoms with E-state index < -0.39 is 10.8 Å². The molecule has 1 spiro atoms. The Morgan fingerprint density at radius 1 is 1.26 bits per heavy atom. The Kier molecular flexibility index (Phi) is 3.79.